The van der Waals surface area contributed by atoms with E-state index >= 15 is 0 Å². The smallest absolute Gasteiger partial charge is 0.242 e. The molecule has 208 valence electrons. The van der Waals surface area contributed by atoms with Crippen LogP contribution in [0.25, 0.3) is 0 Å². The molecule has 3 rings (SSSR count). The Hall–Kier alpha value is -2.69. The van der Waals surface area contributed by atoms with Crippen LogP contribution in [-0.4, -0.2) is 57.3 Å². The maximum Gasteiger partial charge on any atom is 0.242 e. The first kappa shape index (κ1) is 29.9. The Labute approximate surface area is 234 Å². The van der Waals surface area contributed by atoms with Gasteiger partial charge in [-0.05, 0) is 49.1 Å². The molecule has 0 saturated carbocycles. The molecule has 0 fully saturated rings. The molecule has 1 heterocycles. The van der Waals surface area contributed by atoms with E-state index in [0.29, 0.717) is 45.8 Å². The summed E-state index contributed by atoms with van der Waals surface area (Å²) in [4.78, 5) is 27.9. The van der Waals surface area contributed by atoms with E-state index in [1.165, 1.54) is 9.21 Å². The number of fused-ring (bicyclic) bond motifs is 1. The average Bonchev–Trinajstić information content (AvgIpc) is 3.33. The molecule has 0 radical (unpaired) electrons. The highest BCUT2D eigenvalue weighted by Crippen LogP contribution is 2.36. The summed E-state index contributed by atoms with van der Waals surface area (Å²) in [6.45, 7) is 4.54. The van der Waals surface area contributed by atoms with Crippen molar-refractivity contribution in [3.05, 3.63) is 52.0 Å². The van der Waals surface area contributed by atoms with E-state index in [1.807, 2.05) is 13.8 Å². The Kier molecular flexibility index (Phi) is 10.5. The first-order chi connectivity index (χ1) is 18.0. The lowest BCUT2D eigenvalue weighted by atomic mass is 10.1. The normalized spacial score (nSPS) is 13.2. The Morgan fingerprint density at radius 3 is 2.47 bits per heavy atom. The van der Waals surface area contributed by atoms with Gasteiger partial charge >= 0.3 is 0 Å². The number of amides is 2. The number of ether oxygens (including phenoxy) is 2. The van der Waals surface area contributed by atoms with Crippen LogP contribution in [0.15, 0.2) is 36.4 Å². The molecule has 2 aromatic carbocycles. The molecule has 9 nitrogen and oxygen atoms in total. The number of halogens is 2. The van der Waals surface area contributed by atoms with Crippen molar-refractivity contribution >= 4 is 50.7 Å². The second-order valence-electron chi connectivity index (χ2n) is 8.95. The van der Waals surface area contributed by atoms with E-state index in [0.717, 1.165) is 12.7 Å². The van der Waals surface area contributed by atoms with Gasteiger partial charge in [-0.1, -0.05) is 43.1 Å². The maximum atomic E-state index is 13.5. The maximum absolute atomic E-state index is 13.5. The summed E-state index contributed by atoms with van der Waals surface area (Å²) in [6, 6.07) is 9.18. The van der Waals surface area contributed by atoms with Gasteiger partial charge in [0.1, 0.15) is 6.04 Å². The van der Waals surface area contributed by atoms with Crippen molar-refractivity contribution in [1.29, 1.82) is 0 Å². The standard InChI is InChI=1S/C26H33Cl2N3O6S/c1-4-12-29-26(33)22(5-2)30(16-18-8-9-19(27)14-21(18)28)25(32)7-6-13-31(38(3,34)35)20-10-11-23-24(15-20)37-17-36-23/h8-11,14-15,22H,4-7,12-13,16-17H2,1-3H3,(H,29,33). The van der Waals surface area contributed by atoms with Crippen molar-refractivity contribution in [1.82, 2.24) is 10.2 Å². The fraction of sp³-hybridized carbons (Fsp3) is 0.462. The van der Waals surface area contributed by atoms with Crippen molar-refractivity contribution in [2.24, 2.45) is 0 Å². The first-order valence-corrected chi connectivity index (χ1v) is 15.0. The second-order valence-corrected chi connectivity index (χ2v) is 11.7. The van der Waals surface area contributed by atoms with Crippen LogP contribution in [0.5, 0.6) is 11.5 Å². The quantitative estimate of drug-likeness (QED) is 0.368. The second kappa shape index (κ2) is 13.4. The predicted molar refractivity (Wildman–Crippen MR) is 148 cm³/mol. The summed E-state index contributed by atoms with van der Waals surface area (Å²) in [5.74, 6) is 0.475. The van der Waals surface area contributed by atoms with Gasteiger partial charge in [-0.15, -0.1) is 0 Å². The molecule has 1 unspecified atom stereocenters. The van der Waals surface area contributed by atoms with E-state index in [9.17, 15) is 18.0 Å². The zero-order valence-electron chi connectivity index (χ0n) is 21.7. The average molecular weight is 587 g/mol. The van der Waals surface area contributed by atoms with Crippen LogP contribution in [0, 0.1) is 0 Å². The van der Waals surface area contributed by atoms with Gasteiger partial charge in [-0.2, -0.15) is 0 Å². The van der Waals surface area contributed by atoms with Gasteiger partial charge in [0.05, 0.1) is 11.9 Å². The molecule has 2 amide bonds. The SMILES string of the molecule is CCCNC(=O)C(CC)N(Cc1ccc(Cl)cc1Cl)C(=O)CCCN(c1ccc2c(c1)OCO2)S(C)(=O)=O. The Morgan fingerprint density at radius 2 is 1.82 bits per heavy atom. The van der Waals surface area contributed by atoms with Crippen LogP contribution in [0.1, 0.15) is 45.1 Å². The van der Waals surface area contributed by atoms with Crippen LogP contribution in [0.4, 0.5) is 5.69 Å². The van der Waals surface area contributed by atoms with Gasteiger partial charge in [-0.25, -0.2) is 8.42 Å². The predicted octanol–water partition coefficient (Wildman–Crippen LogP) is 4.60. The first-order valence-electron chi connectivity index (χ1n) is 12.4. The molecule has 1 N–H and O–H groups in total. The molecule has 1 aliphatic rings. The van der Waals surface area contributed by atoms with Gasteiger partial charge in [-0.3, -0.25) is 13.9 Å². The molecular weight excluding hydrogens is 553 g/mol. The molecule has 0 aromatic heterocycles. The number of hydrogen-bond acceptors (Lipinski definition) is 6. The minimum Gasteiger partial charge on any atom is -0.454 e. The number of benzene rings is 2. The molecular formula is C26H33Cl2N3O6S. The van der Waals surface area contributed by atoms with Crippen LogP contribution in [0.3, 0.4) is 0 Å². The summed E-state index contributed by atoms with van der Waals surface area (Å²) < 4.78 is 37.1. The molecule has 1 aliphatic heterocycles. The molecule has 38 heavy (non-hydrogen) atoms. The number of carbonyl (C=O) groups is 2. The van der Waals surface area contributed by atoms with E-state index in [4.69, 9.17) is 32.7 Å². The largest absolute Gasteiger partial charge is 0.454 e. The van der Waals surface area contributed by atoms with E-state index in [-0.39, 0.29) is 44.5 Å². The number of hydrogen-bond donors (Lipinski definition) is 1. The zero-order valence-corrected chi connectivity index (χ0v) is 24.0. The van der Waals surface area contributed by atoms with Gasteiger partial charge in [0.25, 0.3) is 0 Å². The Morgan fingerprint density at radius 1 is 1.08 bits per heavy atom. The summed E-state index contributed by atoms with van der Waals surface area (Å²) in [5, 5.41) is 3.73. The van der Waals surface area contributed by atoms with Crippen LogP contribution >= 0.6 is 23.2 Å². The lowest BCUT2D eigenvalue weighted by molar-refractivity contribution is -0.141. The highest BCUT2D eigenvalue weighted by atomic mass is 35.5. The fourth-order valence-electron chi connectivity index (χ4n) is 4.16. The number of rotatable bonds is 13. The third kappa shape index (κ3) is 7.68. The molecule has 1 atom stereocenters. The third-order valence-corrected chi connectivity index (χ3v) is 7.87. The molecule has 0 spiro atoms. The monoisotopic (exact) mass is 585 g/mol. The number of carbonyl (C=O) groups excluding carboxylic acids is 2. The lowest BCUT2D eigenvalue weighted by Crippen LogP contribution is -2.49. The molecule has 0 saturated heterocycles. The van der Waals surface area contributed by atoms with Crippen LogP contribution < -0.4 is 19.1 Å². The lowest BCUT2D eigenvalue weighted by Gasteiger charge is -2.31. The zero-order chi connectivity index (χ0) is 27.9. The van der Waals surface area contributed by atoms with Crippen molar-refractivity contribution in [2.75, 3.05) is 30.4 Å². The number of anilines is 1. The van der Waals surface area contributed by atoms with E-state index < -0.39 is 16.1 Å². The number of sulfonamides is 1. The Balaban J connectivity index is 1.78. The number of nitrogens with one attached hydrogen (secondary N) is 1. The van der Waals surface area contributed by atoms with Gasteiger partial charge < -0.3 is 19.7 Å². The van der Waals surface area contributed by atoms with Crippen LogP contribution in [0.2, 0.25) is 10.0 Å². The fourth-order valence-corrected chi connectivity index (χ4v) is 5.59. The molecule has 2 aromatic rings. The van der Waals surface area contributed by atoms with E-state index in [1.54, 1.807) is 36.4 Å². The summed E-state index contributed by atoms with van der Waals surface area (Å²) in [5.41, 5.74) is 1.07. The van der Waals surface area contributed by atoms with E-state index in [2.05, 4.69) is 5.32 Å². The van der Waals surface area contributed by atoms with Crippen LogP contribution in [-0.2, 0) is 26.2 Å². The van der Waals surface area contributed by atoms with Gasteiger partial charge in [0, 0.05) is 42.2 Å². The topological polar surface area (TPSA) is 105 Å². The van der Waals surface area contributed by atoms with Gasteiger partial charge in [0.15, 0.2) is 11.5 Å². The number of nitrogens with zero attached hydrogens (tertiary/aromatic N) is 2. The summed E-state index contributed by atoms with van der Waals surface area (Å²) in [6.07, 6.45) is 2.54. The minimum absolute atomic E-state index is 0.0271. The molecule has 0 aliphatic carbocycles. The third-order valence-electron chi connectivity index (χ3n) is 6.09. The summed E-state index contributed by atoms with van der Waals surface area (Å²) >= 11 is 12.4. The molecule has 0 bridgehead atoms. The van der Waals surface area contributed by atoms with Crippen molar-refractivity contribution < 1.29 is 27.5 Å². The highest BCUT2D eigenvalue weighted by Gasteiger charge is 2.29. The highest BCUT2D eigenvalue weighted by molar-refractivity contribution is 7.92. The Bertz CT molecular complexity index is 1260. The van der Waals surface area contributed by atoms with Crippen molar-refractivity contribution in [2.45, 2.75) is 52.1 Å². The van der Waals surface area contributed by atoms with Crippen molar-refractivity contribution in [3.8, 4) is 11.5 Å². The molecule has 12 heteroatoms. The van der Waals surface area contributed by atoms with Gasteiger partial charge in [0.2, 0.25) is 28.6 Å². The van der Waals surface area contributed by atoms with Crippen molar-refractivity contribution in [3.63, 3.8) is 0 Å². The summed E-state index contributed by atoms with van der Waals surface area (Å²) in [7, 11) is -3.64. The minimum atomic E-state index is -3.64.